The van der Waals surface area contributed by atoms with Crippen LogP contribution in [0.2, 0.25) is 10.0 Å². The summed E-state index contributed by atoms with van der Waals surface area (Å²) in [5.74, 6) is 0.421. The van der Waals surface area contributed by atoms with E-state index in [1.54, 1.807) is 18.2 Å². The molecule has 0 aromatic heterocycles. The molecule has 2 amide bonds. The first-order valence-corrected chi connectivity index (χ1v) is 11.2. The van der Waals surface area contributed by atoms with Crippen molar-refractivity contribution in [3.63, 3.8) is 0 Å². The van der Waals surface area contributed by atoms with E-state index in [-0.39, 0.29) is 25.0 Å². The van der Waals surface area contributed by atoms with Gasteiger partial charge in [-0.25, -0.2) is 0 Å². The number of nitrogens with one attached hydrogen (secondary N) is 1. The van der Waals surface area contributed by atoms with Crippen LogP contribution in [0.15, 0.2) is 42.5 Å². The smallest absolute Gasteiger partial charge is 0.261 e. The van der Waals surface area contributed by atoms with Crippen LogP contribution < -0.4 is 10.1 Å². The number of ether oxygens (including phenoxy) is 1. The number of halogens is 2. The van der Waals surface area contributed by atoms with E-state index in [1.807, 2.05) is 52.0 Å². The molecule has 0 fully saturated rings. The third-order valence-electron chi connectivity index (χ3n) is 4.81. The Labute approximate surface area is 194 Å². The maximum atomic E-state index is 13.2. The van der Waals surface area contributed by atoms with Crippen molar-refractivity contribution in [1.29, 1.82) is 0 Å². The first kappa shape index (κ1) is 25.0. The van der Waals surface area contributed by atoms with Crippen LogP contribution in [0.25, 0.3) is 0 Å². The minimum absolute atomic E-state index is 0.178. The molecule has 0 aliphatic heterocycles. The van der Waals surface area contributed by atoms with Gasteiger partial charge in [0.15, 0.2) is 6.61 Å². The zero-order chi connectivity index (χ0) is 23.0. The number of benzene rings is 2. The number of amides is 2. The summed E-state index contributed by atoms with van der Waals surface area (Å²) in [4.78, 5) is 27.6. The summed E-state index contributed by atoms with van der Waals surface area (Å²) in [6.07, 6.45) is 0.464. The van der Waals surface area contributed by atoms with Crippen LogP contribution in [0.4, 0.5) is 0 Å². The van der Waals surface area contributed by atoms with Crippen LogP contribution in [-0.4, -0.2) is 35.9 Å². The predicted octanol–water partition coefficient (Wildman–Crippen LogP) is 5.26. The maximum absolute atomic E-state index is 13.2. The second kappa shape index (κ2) is 12.0. The Hall–Kier alpha value is -2.24. The van der Waals surface area contributed by atoms with Gasteiger partial charge >= 0.3 is 0 Å². The molecule has 0 saturated carbocycles. The summed E-state index contributed by atoms with van der Waals surface area (Å²) in [5.41, 5.74) is 1.82. The van der Waals surface area contributed by atoms with Gasteiger partial charge in [-0.1, -0.05) is 67.7 Å². The Morgan fingerprint density at radius 1 is 1.10 bits per heavy atom. The highest BCUT2D eigenvalue weighted by Crippen LogP contribution is 2.24. The Morgan fingerprint density at radius 3 is 2.35 bits per heavy atom. The zero-order valence-electron chi connectivity index (χ0n) is 18.5. The zero-order valence-corrected chi connectivity index (χ0v) is 20.0. The maximum Gasteiger partial charge on any atom is 0.261 e. The van der Waals surface area contributed by atoms with Gasteiger partial charge in [0.25, 0.3) is 5.91 Å². The van der Waals surface area contributed by atoms with Crippen LogP contribution >= 0.6 is 23.2 Å². The number of carbonyl (C=O) groups is 2. The summed E-state index contributed by atoms with van der Waals surface area (Å²) in [5, 5.41) is 3.89. The largest absolute Gasteiger partial charge is 0.484 e. The summed E-state index contributed by atoms with van der Waals surface area (Å²) < 4.78 is 5.69. The normalized spacial score (nSPS) is 11.8. The van der Waals surface area contributed by atoms with Gasteiger partial charge in [0.1, 0.15) is 11.8 Å². The van der Waals surface area contributed by atoms with Crippen LogP contribution in [0.5, 0.6) is 5.75 Å². The van der Waals surface area contributed by atoms with Crippen molar-refractivity contribution in [3.05, 3.63) is 63.6 Å². The fraction of sp³-hybridized carbons (Fsp3) is 0.417. The fourth-order valence-corrected chi connectivity index (χ4v) is 3.51. The van der Waals surface area contributed by atoms with E-state index in [1.165, 1.54) is 4.90 Å². The molecule has 2 aromatic rings. The SMILES string of the molecule is CCC(C(=O)NCC(C)C)N(Cc1ccc(Cl)cc1Cl)C(=O)COc1ccc(C)cc1. The molecule has 2 rings (SSSR count). The third kappa shape index (κ3) is 7.75. The minimum atomic E-state index is -0.639. The number of nitrogens with zero attached hydrogens (tertiary/aromatic N) is 1. The summed E-state index contributed by atoms with van der Waals surface area (Å²) >= 11 is 12.3. The second-order valence-corrected chi connectivity index (χ2v) is 8.77. The van der Waals surface area contributed by atoms with Crippen molar-refractivity contribution in [3.8, 4) is 5.75 Å². The van der Waals surface area contributed by atoms with Crippen molar-refractivity contribution in [1.82, 2.24) is 10.2 Å². The highest BCUT2D eigenvalue weighted by molar-refractivity contribution is 6.35. The molecule has 168 valence electrons. The lowest BCUT2D eigenvalue weighted by molar-refractivity contribution is -0.143. The van der Waals surface area contributed by atoms with E-state index in [9.17, 15) is 9.59 Å². The molecule has 1 atom stereocenters. The van der Waals surface area contributed by atoms with Crippen molar-refractivity contribution in [2.75, 3.05) is 13.2 Å². The van der Waals surface area contributed by atoms with Gasteiger partial charge in [0.2, 0.25) is 5.91 Å². The molecule has 0 radical (unpaired) electrons. The number of aryl methyl sites for hydroxylation is 1. The Morgan fingerprint density at radius 2 is 1.77 bits per heavy atom. The number of rotatable bonds is 10. The van der Waals surface area contributed by atoms with E-state index in [0.717, 1.165) is 5.56 Å². The number of carbonyl (C=O) groups excluding carboxylic acids is 2. The van der Waals surface area contributed by atoms with E-state index in [2.05, 4.69) is 5.32 Å². The molecular weight excluding hydrogens is 435 g/mol. The average Bonchev–Trinajstić information content (AvgIpc) is 2.73. The van der Waals surface area contributed by atoms with Gasteiger partial charge in [-0.05, 0) is 49.1 Å². The van der Waals surface area contributed by atoms with Gasteiger partial charge in [0, 0.05) is 23.1 Å². The number of hydrogen-bond donors (Lipinski definition) is 1. The van der Waals surface area contributed by atoms with Crippen molar-refractivity contribution >= 4 is 35.0 Å². The lowest BCUT2D eigenvalue weighted by atomic mass is 10.1. The molecule has 0 aliphatic carbocycles. The molecule has 31 heavy (non-hydrogen) atoms. The lowest BCUT2D eigenvalue weighted by Crippen LogP contribution is -2.50. The molecule has 0 heterocycles. The Balaban J connectivity index is 2.22. The van der Waals surface area contributed by atoms with Crippen LogP contribution in [0, 0.1) is 12.8 Å². The number of hydrogen-bond acceptors (Lipinski definition) is 3. The molecule has 5 nitrogen and oxygen atoms in total. The highest BCUT2D eigenvalue weighted by atomic mass is 35.5. The molecule has 0 saturated heterocycles. The van der Waals surface area contributed by atoms with Gasteiger partial charge < -0.3 is 15.0 Å². The lowest BCUT2D eigenvalue weighted by Gasteiger charge is -2.31. The van der Waals surface area contributed by atoms with Crippen LogP contribution in [-0.2, 0) is 16.1 Å². The highest BCUT2D eigenvalue weighted by Gasteiger charge is 2.29. The molecule has 1 N–H and O–H groups in total. The quantitative estimate of drug-likeness (QED) is 0.521. The van der Waals surface area contributed by atoms with Crippen molar-refractivity contribution in [2.45, 2.75) is 46.7 Å². The van der Waals surface area contributed by atoms with Crippen LogP contribution in [0.1, 0.15) is 38.3 Å². The van der Waals surface area contributed by atoms with E-state index in [4.69, 9.17) is 27.9 Å². The predicted molar refractivity (Wildman–Crippen MR) is 126 cm³/mol. The topological polar surface area (TPSA) is 58.6 Å². The van der Waals surface area contributed by atoms with Gasteiger partial charge in [0.05, 0.1) is 0 Å². The molecule has 1 unspecified atom stereocenters. The van der Waals surface area contributed by atoms with Crippen LogP contribution in [0.3, 0.4) is 0 Å². The molecule has 0 aliphatic rings. The summed E-state index contributed by atoms with van der Waals surface area (Å²) in [7, 11) is 0. The Kier molecular flexibility index (Phi) is 9.66. The third-order valence-corrected chi connectivity index (χ3v) is 5.40. The van der Waals surface area contributed by atoms with E-state index < -0.39 is 6.04 Å². The van der Waals surface area contributed by atoms with Gasteiger partial charge in [-0.3, -0.25) is 9.59 Å². The second-order valence-electron chi connectivity index (χ2n) is 7.92. The molecule has 0 spiro atoms. The van der Waals surface area contributed by atoms with E-state index >= 15 is 0 Å². The first-order chi connectivity index (χ1) is 14.7. The molecular formula is C24H30Cl2N2O3. The molecule has 0 bridgehead atoms. The molecule has 2 aromatic carbocycles. The fourth-order valence-electron chi connectivity index (χ4n) is 3.04. The Bertz CT molecular complexity index is 885. The first-order valence-electron chi connectivity index (χ1n) is 10.4. The van der Waals surface area contributed by atoms with Gasteiger partial charge in [-0.15, -0.1) is 0 Å². The molecule has 7 heteroatoms. The van der Waals surface area contributed by atoms with Crippen molar-refractivity contribution in [2.24, 2.45) is 5.92 Å². The van der Waals surface area contributed by atoms with Crippen molar-refractivity contribution < 1.29 is 14.3 Å². The summed E-state index contributed by atoms with van der Waals surface area (Å²) in [6.45, 7) is 8.44. The van der Waals surface area contributed by atoms with E-state index in [0.29, 0.717) is 40.2 Å². The van der Waals surface area contributed by atoms with Gasteiger partial charge in [-0.2, -0.15) is 0 Å². The monoisotopic (exact) mass is 464 g/mol. The average molecular weight is 465 g/mol. The standard InChI is InChI=1S/C24H30Cl2N2O3/c1-5-22(24(30)27-13-16(2)3)28(14-18-8-9-19(25)12-21(18)26)23(29)15-31-20-10-6-17(4)7-11-20/h6-12,16,22H,5,13-15H2,1-4H3,(H,27,30). The minimum Gasteiger partial charge on any atom is -0.484 e. The summed E-state index contributed by atoms with van der Waals surface area (Å²) in [6, 6.07) is 11.9.